The molecular weight excluding hydrogens is 274 g/mol. The minimum absolute atomic E-state index is 0.383. The predicted octanol–water partition coefficient (Wildman–Crippen LogP) is 4.09. The third kappa shape index (κ3) is 3.37. The smallest absolute Gasteiger partial charge is 0.163 e. The van der Waals surface area contributed by atoms with Gasteiger partial charge in [0.05, 0.1) is 18.9 Å². The van der Waals surface area contributed by atoms with Crippen molar-refractivity contribution in [1.29, 1.82) is 0 Å². The zero-order valence-corrected chi connectivity index (χ0v) is 13.1. The molecule has 0 fully saturated rings. The topological polar surface area (TPSA) is 30.8 Å². The molecule has 0 aliphatic carbocycles. The van der Waals surface area contributed by atoms with Gasteiger partial charge in [-0.3, -0.25) is 0 Å². The summed E-state index contributed by atoms with van der Waals surface area (Å²) in [5, 5.41) is 4.28. The molecule has 0 aromatic heterocycles. The van der Waals surface area contributed by atoms with Gasteiger partial charge in [-0.1, -0.05) is 59.8 Å². The summed E-state index contributed by atoms with van der Waals surface area (Å²) in [7, 11) is 0. The largest absolute Gasteiger partial charge is 0.386 e. The van der Waals surface area contributed by atoms with Crippen molar-refractivity contribution >= 4 is 5.71 Å². The van der Waals surface area contributed by atoms with Gasteiger partial charge in [-0.05, 0) is 25.0 Å². The predicted molar refractivity (Wildman–Crippen MR) is 87.9 cm³/mol. The summed E-state index contributed by atoms with van der Waals surface area (Å²) in [6.45, 7) is 5.27. The number of rotatable bonds is 5. The molecule has 3 rings (SSSR count). The molecule has 1 unspecified atom stereocenters. The molecular formula is C19H21NO2. The summed E-state index contributed by atoms with van der Waals surface area (Å²) in [6.07, 6.45) is 0.770. The van der Waals surface area contributed by atoms with Crippen LogP contribution in [0.3, 0.4) is 0 Å². The van der Waals surface area contributed by atoms with Gasteiger partial charge in [-0.2, -0.15) is 0 Å². The van der Waals surface area contributed by atoms with Gasteiger partial charge >= 0.3 is 0 Å². The molecule has 1 aliphatic rings. The number of nitrogens with zero attached hydrogens (tertiary/aromatic N) is 1. The van der Waals surface area contributed by atoms with E-state index in [1.165, 1.54) is 11.1 Å². The minimum Gasteiger partial charge on any atom is -0.386 e. The van der Waals surface area contributed by atoms with E-state index in [0.717, 1.165) is 17.7 Å². The molecule has 2 aromatic carbocycles. The van der Waals surface area contributed by atoms with Gasteiger partial charge in [0.15, 0.2) is 5.60 Å². The van der Waals surface area contributed by atoms with Crippen molar-refractivity contribution in [3.63, 3.8) is 0 Å². The second-order valence-corrected chi connectivity index (χ2v) is 6.05. The molecule has 114 valence electrons. The van der Waals surface area contributed by atoms with Crippen molar-refractivity contribution in [3.8, 4) is 0 Å². The molecule has 0 amide bonds. The Hall–Kier alpha value is -2.13. The van der Waals surface area contributed by atoms with Gasteiger partial charge < -0.3 is 9.57 Å². The number of ether oxygens (including phenoxy) is 1. The first-order valence-corrected chi connectivity index (χ1v) is 7.59. The number of hydrogen-bond acceptors (Lipinski definition) is 3. The first-order chi connectivity index (χ1) is 10.7. The molecule has 0 bridgehead atoms. The van der Waals surface area contributed by atoms with E-state index in [2.05, 4.69) is 36.3 Å². The van der Waals surface area contributed by atoms with Crippen molar-refractivity contribution < 1.29 is 9.57 Å². The highest BCUT2D eigenvalue weighted by Gasteiger charge is 2.35. The molecule has 0 spiro atoms. The first kappa shape index (κ1) is 14.8. The molecule has 1 heterocycles. The van der Waals surface area contributed by atoms with Crippen LogP contribution in [-0.4, -0.2) is 17.9 Å². The number of hydrogen-bond donors (Lipinski definition) is 0. The van der Waals surface area contributed by atoms with E-state index in [1.807, 2.05) is 37.3 Å². The fourth-order valence-electron chi connectivity index (χ4n) is 2.66. The number of benzene rings is 2. The molecule has 0 saturated heterocycles. The lowest BCUT2D eigenvalue weighted by Crippen LogP contribution is -2.31. The summed E-state index contributed by atoms with van der Waals surface area (Å²) in [6, 6.07) is 18.4. The third-order valence-corrected chi connectivity index (χ3v) is 3.89. The molecule has 0 N–H and O–H groups in total. The number of aryl methyl sites for hydroxylation is 1. The molecule has 3 nitrogen and oxygen atoms in total. The standard InChI is InChI=1S/C19H21NO2/c1-15-8-6-7-11-17(15)18-12-19(2,22-20-18)14-21-13-16-9-4-3-5-10-16/h3-11H,12-14H2,1-2H3. The van der Waals surface area contributed by atoms with Crippen LogP contribution >= 0.6 is 0 Å². The van der Waals surface area contributed by atoms with Crippen molar-refractivity contribution in [2.75, 3.05) is 6.61 Å². The Morgan fingerprint density at radius 1 is 1.09 bits per heavy atom. The van der Waals surface area contributed by atoms with E-state index < -0.39 is 0 Å². The van der Waals surface area contributed by atoms with Gasteiger partial charge in [0.25, 0.3) is 0 Å². The zero-order chi connectivity index (χ0) is 15.4. The van der Waals surface area contributed by atoms with Crippen LogP contribution in [-0.2, 0) is 16.2 Å². The van der Waals surface area contributed by atoms with Crippen LogP contribution in [0, 0.1) is 6.92 Å². The van der Waals surface area contributed by atoms with E-state index >= 15 is 0 Å². The Morgan fingerprint density at radius 3 is 2.59 bits per heavy atom. The Labute approximate surface area is 131 Å². The highest BCUT2D eigenvalue weighted by molar-refractivity contribution is 6.02. The van der Waals surface area contributed by atoms with Gasteiger partial charge in [0, 0.05) is 12.0 Å². The summed E-state index contributed by atoms with van der Waals surface area (Å²) >= 11 is 0. The Bertz CT molecular complexity index is 666. The quantitative estimate of drug-likeness (QED) is 0.831. The Kier molecular flexibility index (Phi) is 4.25. The maximum Gasteiger partial charge on any atom is 0.163 e. The van der Waals surface area contributed by atoms with Gasteiger partial charge in [-0.25, -0.2) is 0 Å². The molecule has 22 heavy (non-hydrogen) atoms. The first-order valence-electron chi connectivity index (χ1n) is 7.59. The van der Waals surface area contributed by atoms with Crippen LogP contribution in [0.5, 0.6) is 0 Å². The second-order valence-electron chi connectivity index (χ2n) is 6.05. The SMILES string of the molecule is Cc1ccccc1C1=NOC(C)(COCc2ccccc2)C1. The van der Waals surface area contributed by atoms with Gasteiger partial charge in [-0.15, -0.1) is 0 Å². The molecule has 2 aromatic rings. The zero-order valence-electron chi connectivity index (χ0n) is 13.1. The third-order valence-electron chi connectivity index (χ3n) is 3.89. The van der Waals surface area contributed by atoms with E-state index in [1.54, 1.807) is 0 Å². The molecule has 0 radical (unpaired) electrons. The average Bonchev–Trinajstić information content (AvgIpc) is 2.91. The highest BCUT2D eigenvalue weighted by Crippen LogP contribution is 2.28. The maximum absolute atomic E-state index is 5.82. The lowest BCUT2D eigenvalue weighted by atomic mass is 9.94. The molecule has 0 saturated carbocycles. The van der Waals surface area contributed by atoms with E-state index in [-0.39, 0.29) is 5.60 Å². The summed E-state index contributed by atoms with van der Waals surface area (Å²) in [5.41, 5.74) is 4.17. The molecule has 1 aliphatic heterocycles. The van der Waals surface area contributed by atoms with Crippen LogP contribution in [0.25, 0.3) is 0 Å². The van der Waals surface area contributed by atoms with Gasteiger partial charge in [0.1, 0.15) is 0 Å². The summed E-state index contributed by atoms with van der Waals surface area (Å²) < 4.78 is 5.82. The van der Waals surface area contributed by atoms with Crippen molar-refractivity contribution in [3.05, 3.63) is 71.3 Å². The van der Waals surface area contributed by atoms with Crippen LogP contribution in [0.2, 0.25) is 0 Å². The average molecular weight is 295 g/mol. The summed E-state index contributed by atoms with van der Waals surface area (Å²) in [4.78, 5) is 5.66. The maximum atomic E-state index is 5.82. The Morgan fingerprint density at radius 2 is 1.82 bits per heavy atom. The van der Waals surface area contributed by atoms with Crippen LogP contribution < -0.4 is 0 Å². The highest BCUT2D eigenvalue weighted by atomic mass is 16.7. The van der Waals surface area contributed by atoms with E-state index in [0.29, 0.717) is 13.2 Å². The van der Waals surface area contributed by atoms with Crippen LogP contribution in [0.15, 0.2) is 59.8 Å². The van der Waals surface area contributed by atoms with Crippen LogP contribution in [0.4, 0.5) is 0 Å². The van der Waals surface area contributed by atoms with Crippen molar-refractivity contribution in [2.45, 2.75) is 32.5 Å². The fourth-order valence-corrected chi connectivity index (χ4v) is 2.66. The van der Waals surface area contributed by atoms with Crippen LogP contribution in [0.1, 0.15) is 30.0 Å². The number of oxime groups is 1. The van der Waals surface area contributed by atoms with Gasteiger partial charge in [0.2, 0.25) is 0 Å². The lowest BCUT2D eigenvalue weighted by Gasteiger charge is -2.21. The minimum atomic E-state index is -0.383. The Balaban J connectivity index is 1.57. The second kappa shape index (κ2) is 6.32. The monoisotopic (exact) mass is 295 g/mol. The molecule has 3 heteroatoms. The van der Waals surface area contributed by atoms with E-state index in [4.69, 9.17) is 9.57 Å². The van der Waals surface area contributed by atoms with Crippen molar-refractivity contribution in [2.24, 2.45) is 5.16 Å². The van der Waals surface area contributed by atoms with Crippen molar-refractivity contribution in [1.82, 2.24) is 0 Å². The fraction of sp³-hybridized carbons (Fsp3) is 0.316. The lowest BCUT2D eigenvalue weighted by molar-refractivity contribution is -0.0709. The normalized spacial score (nSPS) is 20.5. The molecule has 1 atom stereocenters. The summed E-state index contributed by atoms with van der Waals surface area (Å²) in [5.74, 6) is 0. The van der Waals surface area contributed by atoms with E-state index in [9.17, 15) is 0 Å².